The highest BCUT2D eigenvalue weighted by Gasteiger charge is 2.25. The summed E-state index contributed by atoms with van der Waals surface area (Å²) in [5, 5.41) is 21.5. The fraction of sp³-hybridized carbons (Fsp3) is 0.615. The molecule has 5 nitrogen and oxygen atoms in total. The molecule has 0 aromatic carbocycles. The molecule has 1 fully saturated rings. The molecule has 1 aromatic heterocycles. The van der Waals surface area contributed by atoms with Gasteiger partial charge >= 0.3 is 0 Å². The van der Waals surface area contributed by atoms with Gasteiger partial charge in [0.25, 0.3) is 0 Å². The van der Waals surface area contributed by atoms with E-state index in [2.05, 4.69) is 15.5 Å². The number of rotatable bonds is 3. The van der Waals surface area contributed by atoms with Gasteiger partial charge in [0, 0.05) is 0 Å². The van der Waals surface area contributed by atoms with Crippen LogP contribution in [0.3, 0.4) is 0 Å². The van der Waals surface area contributed by atoms with Gasteiger partial charge < -0.3 is 16.2 Å². The van der Waals surface area contributed by atoms with Gasteiger partial charge in [-0.25, -0.2) is 0 Å². The first-order chi connectivity index (χ1) is 9.00. The predicted molar refractivity (Wildman–Crippen MR) is 79.3 cm³/mol. The largest absolute Gasteiger partial charge is 0.391 e. The Morgan fingerprint density at radius 1 is 1.32 bits per heavy atom. The van der Waals surface area contributed by atoms with E-state index in [1.54, 1.807) is 0 Å². The monoisotopic (exact) mass is 280 g/mol. The Balaban J connectivity index is 2.29. The van der Waals surface area contributed by atoms with Gasteiger partial charge in [-0.1, -0.05) is 25.1 Å². The molecule has 104 valence electrons. The van der Waals surface area contributed by atoms with Crippen LogP contribution in [-0.4, -0.2) is 32.4 Å². The topological polar surface area (TPSA) is 84.1 Å². The molecule has 0 bridgehead atoms. The second kappa shape index (κ2) is 5.79. The Bertz CT molecular complexity index is 492. The van der Waals surface area contributed by atoms with E-state index in [1.165, 1.54) is 0 Å². The lowest BCUT2D eigenvalue weighted by atomic mass is 9.92. The minimum Gasteiger partial charge on any atom is -0.391 e. The molecular weight excluding hydrogens is 260 g/mol. The van der Waals surface area contributed by atoms with Crippen LogP contribution in [0, 0.1) is 13.8 Å². The number of aromatic nitrogens is 2. The number of hydrogen-bond donors (Lipinski definition) is 3. The summed E-state index contributed by atoms with van der Waals surface area (Å²) in [6, 6.07) is -0.00161. The van der Waals surface area contributed by atoms with Gasteiger partial charge in [-0.3, -0.25) is 0 Å². The zero-order valence-electron chi connectivity index (χ0n) is 11.3. The van der Waals surface area contributed by atoms with Crippen LogP contribution in [0.1, 0.15) is 42.5 Å². The van der Waals surface area contributed by atoms with Crippen molar-refractivity contribution in [1.82, 2.24) is 10.2 Å². The summed E-state index contributed by atoms with van der Waals surface area (Å²) in [4.78, 5) is 0.309. The van der Waals surface area contributed by atoms with Crippen molar-refractivity contribution < 1.29 is 5.11 Å². The second-order valence-corrected chi connectivity index (χ2v) is 5.54. The molecule has 4 N–H and O–H groups in total. The summed E-state index contributed by atoms with van der Waals surface area (Å²) in [5.74, 6) is 0.585. The quantitative estimate of drug-likeness (QED) is 0.727. The molecule has 6 heteroatoms. The number of nitrogens with two attached hydrogens (primary N) is 1. The number of anilines is 1. The molecule has 19 heavy (non-hydrogen) atoms. The number of aliphatic hydroxyl groups excluding tert-OH is 1. The van der Waals surface area contributed by atoms with Gasteiger partial charge in [0.1, 0.15) is 4.99 Å². The van der Waals surface area contributed by atoms with Gasteiger partial charge in [-0.15, -0.1) is 5.10 Å². The Kier molecular flexibility index (Phi) is 4.31. The lowest BCUT2D eigenvalue weighted by molar-refractivity contribution is 0.116. The molecule has 2 atom stereocenters. The lowest BCUT2D eigenvalue weighted by Gasteiger charge is -2.29. The van der Waals surface area contributed by atoms with Crippen molar-refractivity contribution in [2.24, 2.45) is 5.73 Å². The van der Waals surface area contributed by atoms with E-state index in [4.69, 9.17) is 18.0 Å². The fourth-order valence-electron chi connectivity index (χ4n) is 2.47. The SMILES string of the molecule is Cc1nnc(NC2CCCCC2O)c(C(N)=S)c1C. The molecule has 0 amide bonds. The maximum atomic E-state index is 10.0. The molecule has 2 rings (SSSR count). The summed E-state index contributed by atoms with van der Waals surface area (Å²) in [6.07, 6.45) is 3.57. The Morgan fingerprint density at radius 2 is 2.00 bits per heavy atom. The first-order valence-corrected chi connectivity index (χ1v) is 6.99. The van der Waals surface area contributed by atoms with Gasteiger partial charge in [-0.05, 0) is 32.3 Å². The summed E-state index contributed by atoms with van der Waals surface area (Å²) < 4.78 is 0. The Labute approximate surface area is 118 Å². The molecule has 1 aromatic rings. The van der Waals surface area contributed by atoms with Gasteiger partial charge in [0.05, 0.1) is 23.4 Å². The molecule has 0 saturated heterocycles. The summed E-state index contributed by atoms with van der Waals surface area (Å²) in [6.45, 7) is 3.81. The predicted octanol–water partition coefficient (Wildman–Crippen LogP) is 1.44. The van der Waals surface area contributed by atoms with Crippen molar-refractivity contribution >= 4 is 23.0 Å². The molecule has 1 aliphatic carbocycles. The molecular formula is C13H20N4OS. The average molecular weight is 280 g/mol. The molecule has 0 spiro atoms. The zero-order chi connectivity index (χ0) is 14.0. The van der Waals surface area contributed by atoms with Crippen LogP contribution in [0.5, 0.6) is 0 Å². The number of nitrogens with zero attached hydrogens (tertiary/aromatic N) is 2. The zero-order valence-corrected chi connectivity index (χ0v) is 12.1. The number of thiocarbonyl (C=S) groups is 1. The first kappa shape index (κ1) is 14.1. The highest BCUT2D eigenvalue weighted by Crippen LogP contribution is 2.24. The van der Waals surface area contributed by atoms with Crippen LogP contribution in [0.4, 0.5) is 5.82 Å². The minimum absolute atomic E-state index is 0.00161. The van der Waals surface area contributed by atoms with E-state index in [9.17, 15) is 5.11 Å². The van der Waals surface area contributed by atoms with Gasteiger partial charge in [-0.2, -0.15) is 5.10 Å². The van der Waals surface area contributed by atoms with E-state index >= 15 is 0 Å². The number of hydrogen-bond acceptors (Lipinski definition) is 5. The highest BCUT2D eigenvalue weighted by molar-refractivity contribution is 7.80. The van der Waals surface area contributed by atoms with Crippen molar-refractivity contribution in [2.45, 2.75) is 51.7 Å². The van der Waals surface area contributed by atoms with Crippen molar-refractivity contribution in [1.29, 1.82) is 0 Å². The Morgan fingerprint density at radius 3 is 2.63 bits per heavy atom. The van der Waals surface area contributed by atoms with Crippen LogP contribution in [-0.2, 0) is 0 Å². The van der Waals surface area contributed by atoms with E-state index in [-0.39, 0.29) is 12.1 Å². The molecule has 0 aliphatic heterocycles. The van der Waals surface area contributed by atoms with Crippen molar-refractivity contribution in [3.63, 3.8) is 0 Å². The molecule has 1 saturated carbocycles. The normalized spacial score (nSPS) is 23.1. The Hall–Kier alpha value is -1.27. The van der Waals surface area contributed by atoms with Crippen molar-refractivity contribution in [2.75, 3.05) is 5.32 Å². The second-order valence-electron chi connectivity index (χ2n) is 5.10. The van der Waals surface area contributed by atoms with Crippen LogP contribution in [0.15, 0.2) is 0 Å². The molecule has 1 aliphatic rings. The van der Waals surface area contributed by atoms with E-state index in [0.717, 1.165) is 42.5 Å². The minimum atomic E-state index is -0.351. The number of nitrogens with one attached hydrogen (secondary N) is 1. The highest BCUT2D eigenvalue weighted by atomic mass is 32.1. The molecule has 1 heterocycles. The molecule has 0 radical (unpaired) electrons. The fourth-order valence-corrected chi connectivity index (χ4v) is 2.72. The summed E-state index contributed by atoms with van der Waals surface area (Å²) >= 11 is 5.10. The third-order valence-corrected chi connectivity index (χ3v) is 3.96. The summed E-state index contributed by atoms with van der Waals surface area (Å²) in [5.41, 5.74) is 8.28. The van der Waals surface area contributed by atoms with E-state index < -0.39 is 0 Å². The number of aliphatic hydroxyl groups is 1. The summed E-state index contributed by atoms with van der Waals surface area (Å²) in [7, 11) is 0. The maximum absolute atomic E-state index is 10.0. The third-order valence-electron chi connectivity index (χ3n) is 3.75. The van der Waals surface area contributed by atoms with E-state index in [1.807, 2.05) is 13.8 Å². The van der Waals surface area contributed by atoms with Crippen LogP contribution >= 0.6 is 12.2 Å². The van der Waals surface area contributed by atoms with Crippen molar-refractivity contribution in [3.8, 4) is 0 Å². The lowest BCUT2D eigenvalue weighted by Crippen LogP contribution is -2.37. The third kappa shape index (κ3) is 3.01. The van der Waals surface area contributed by atoms with Crippen LogP contribution in [0.25, 0.3) is 0 Å². The van der Waals surface area contributed by atoms with Crippen LogP contribution in [0.2, 0.25) is 0 Å². The van der Waals surface area contributed by atoms with Crippen molar-refractivity contribution in [3.05, 3.63) is 16.8 Å². The van der Waals surface area contributed by atoms with E-state index in [0.29, 0.717) is 10.8 Å². The molecule has 2 unspecified atom stereocenters. The van der Waals surface area contributed by atoms with Gasteiger partial charge in [0.2, 0.25) is 0 Å². The van der Waals surface area contributed by atoms with Crippen LogP contribution < -0.4 is 11.1 Å². The average Bonchev–Trinajstić information content (AvgIpc) is 2.36. The maximum Gasteiger partial charge on any atom is 0.159 e. The van der Waals surface area contributed by atoms with Gasteiger partial charge in [0.15, 0.2) is 5.82 Å². The standard InChI is InChI=1S/C13H20N4OS/c1-7-8(2)16-17-13(11(7)12(14)19)15-9-5-3-4-6-10(9)18/h9-10,18H,3-6H2,1-2H3,(H2,14,19)(H,15,17). The first-order valence-electron chi connectivity index (χ1n) is 6.59. The smallest absolute Gasteiger partial charge is 0.159 e. The number of aryl methyl sites for hydroxylation is 1.